The number of thioether (sulfide) groups is 1. The number of benzene rings is 2. The van der Waals surface area contributed by atoms with E-state index in [1.807, 2.05) is 0 Å². The van der Waals surface area contributed by atoms with E-state index in [1.165, 1.54) is 31.4 Å². The molecule has 1 heterocycles. The molecular weight excluding hydrogens is 408 g/mol. The van der Waals surface area contributed by atoms with E-state index < -0.39 is 16.1 Å². The number of rotatable bonds is 8. The van der Waals surface area contributed by atoms with Gasteiger partial charge >= 0.3 is 0 Å². The molecule has 9 heteroatoms. The number of carbonyl (C=O) groups is 2. The Labute approximate surface area is 176 Å². The van der Waals surface area contributed by atoms with Crippen LogP contribution in [0.4, 0.5) is 10.5 Å². The molecule has 8 nitrogen and oxygen atoms in total. The fourth-order valence-corrected chi connectivity index (χ4v) is 3.57. The quantitative estimate of drug-likeness (QED) is 0.267. The summed E-state index contributed by atoms with van der Waals surface area (Å²) in [7, 11) is 1.51. The molecule has 0 N–H and O–H groups in total. The average Bonchev–Trinajstić information content (AvgIpc) is 3.00. The van der Waals surface area contributed by atoms with Crippen LogP contribution in [0, 0.1) is 10.1 Å². The van der Waals surface area contributed by atoms with Crippen molar-refractivity contribution in [3.05, 3.63) is 81.3 Å². The highest BCUT2D eigenvalue weighted by Crippen LogP contribution is 2.35. The minimum Gasteiger partial charge on any atom is -0.493 e. The van der Waals surface area contributed by atoms with Gasteiger partial charge in [0, 0.05) is 12.1 Å². The second-order valence-electron chi connectivity index (χ2n) is 6.20. The van der Waals surface area contributed by atoms with E-state index in [9.17, 15) is 19.7 Å². The Morgan fingerprint density at radius 2 is 1.90 bits per heavy atom. The molecule has 0 radical (unpaired) electrons. The van der Waals surface area contributed by atoms with Gasteiger partial charge in [-0.25, -0.2) is 0 Å². The van der Waals surface area contributed by atoms with Crippen LogP contribution in [0.1, 0.15) is 11.1 Å². The van der Waals surface area contributed by atoms with Gasteiger partial charge in [0.2, 0.25) is 0 Å². The van der Waals surface area contributed by atoms with Crippen LogP contribution in [-0.4, -0.2) is 34.7 Å². The van der Waals surface area contributed by atoms with E-state index in [0.717, 1.165) is 16.7 Å². The molecule has 30 heavy (non-hydrogen) atoms. The predicted octanol–water partition coefficient (Wildman–Crippen LogP) is 4.40. The van der Waals surface area contributed by atoms with Crippen LogP contribution < -0.4 is 9.47 Å². The van der Waals surface area contributed by atoms with Gasteiger partial charge in [0.15, 0.2) is 11.5 Å². The molecule has 0 unspecified atom stereocenters. The first-order valence-corrected chi connectivity index (χ1v) is 9.65. The largest absolute Gasteiger partial charge is 0.493 e. The monoisotopic (exact) mass is 426 g/mol. The Morgan fingerprint density at radius 1 is 1.17 bits per heavy atom. The molecule has 0 aromatic heterocycles. The summed E-state index contributed by atoms with van der Waals surface area (Å²) in [5.74, 6) is 0.617. The third kappa shape index (κ3) is 4.69. The lowest BCUT2D eigenvalue weighted by atomic mass is 10.1. The zero-order valence-electron chi connectivity index (χ0n) is 16.1. The lowest BCUT2D eigenvalue weighted by Crippen LogP contribution is -2.27. The molecular formula is C21H18N2O6S. The number of methoxy groups -OCH3 is 1. The molecule has 154 valence electrons. The third-order valence-corrected chi connectivity index (χ3v) is 5.11. The molecule has 0 aliphatic carbocycles. The van der Waals surface area contributed by atoms with Crippen LogP contribution in [-0.2, 0) is 11.3 Å². The summed E-state index contributed by atoms with van der Waals surface area (Å²) in [6.07, 6.45) is 3.23. The molecule has 1 saturated heterocycles. The predicted molar refractivity (Wildman–Crippen MR) is 113 cm³/mol. The Hall–Kier alpha value is -3.59. The molecule has 2 amide bonds. The van der Waals surface area contributed by atoms with Gasteiger partial charge in [-0.2, -0.15) is 0 Å². The number of carbonyl (C=O) groups excluding carboxylic acids is 2. The van der Waals surface area contributed by atoms with Crippen molar-refractivity contribution in [2.75, 3.05) is 13.7 Å². The van der Waals surface area contributed by atoms with Gasteiger partial charge in [-0.3, -0.25) is 24.6 Å². The zero-order valence-corrected chi connectivity index (χ0v) is 16.9. The Bertz CT molecular complexity index is 1030. The van der Waals surface area contributed by atoms with Gasteiger partial charge in [-0.1, -0.05) is 30.9 Å². The van der Waals surface area contributed by atoms with Gasteiger partial charge in [0.05, 0.1) is 23.5 Å². The molecule has 0 saturated carbocycles. The first-order valence-electron chi connectivity index (χ1n) is 8.83. The number of amides is 2. The highest BCUT2D eigenvalue weighted by atomic mass is 32.2. The molecule has 0 atom stereocenters. The standard InChI is InChI=1S/C21H18N2O6S/c1-3-10-29-17-9-6-15(11-18(17)28-2)12-19-20(24)22(21(25)30-19)13-14-4-7-16(8-5-14)23(26)27/h3-9,11-12H,1,10,13H2,2H3/b19-12+. The van der Waals surface area contributed by atoms with E-state index in [-0.39, 0.29) is 17.1 Å². The van der Waals surface area contributed by atoms with Gasteiger partial charge in [0.1, 0.15) is 6.61 Å². The van der Waals surface area contributed by atoms with Crippen LogP contribution in [0.3, 0.4) is 0 Å². The van der Waals surface area contributed by atoms with E-state index >= 15 is 0 Å². The molecule has 0 bridgehead atoms. The number of imide groups is 1. The Kier molecular flexibility index (Phi) is 6.53. The van der Waals surface area contributed by atoms with Crippen LogP contribution >= 0.6 is 11.8 Å². The first kappa shape index (κ1) is 21.1. The maximum Gasteiger partial charge on any atom is 0.293 e. The van der Waals surface area contributed by atoms with Crippen molar-refractivity contribution in [1.29, 1.82) is 0 Å². The summed E-state index contributed by atoms with van der Waals surface area (Å²) < 4.78 is 10.8. The van der Waals surface area contributed by atoms with Crippen molar-refractivity contribution in [1.82, 2.24) is 4.90 Å². The Morgan fingerprint density at radius 3 is 2.53 bits per heavy atom. The van der Waals surface area contributed by atoms with Gasteiger partial charge in [-0.15, -0.1) is 0 Å². The number of nitro benzene ring substituents is 1. The van der Waals surface area contributed by atoms with E-state index in [0.29, 0.717) is 29.2 Å². The Balaban J connectivity index is 1.77. The first-order chi connectivity index (χ1) is 14.4. The minimum atomic E-state index is -0.505. The number of nitro groups is 1. The van der Waals surface area contributed by atoms with Crippen LogP contribution in [0.5, 0.6) is 11.5 Å². The number of nitrogens with zero attached hydrogens (tertiary/aromatic N) is 2. The van der Waals surface area contributed by atoms with Gasteiger partial charge in [-0.05, 0) is 41.1 Å². The van der Waals surface area contributed by atoms with Crippen LogP contribution in [0.25, 0.3) is 6.08 Å². The second kappa shape index (κ2) is 9.27. The maximum atomic E-state index is 12.7. The molecule has 1 aliphatic heterocycles. The summed E-state index contributed by atoms with van der Waals surface area (Å²) in [5.41, 5.74) is 1.25. The molecule has 1 aliphatic rings. The number of hydrogen-bond donors (Lipinski definition) is 0. The highest BCUT2D eigenvalue weighted by molar-refractivity contribution is 8.18. The van der Waals surface area contributed by atoms with Gasteiger partial charge < -0.3 is 9.47 Å². The summed E-state index contributed by atoms with van der Waals surface area (Å²) in [5, 5.41) is 10.4. The van der Waals surface area contributed by atoms with Crippen molar-refractivity contribution in [2.24, 2.45) is 0 Å². The zero-order chi connectivity index (χ0) is 21.7. The summed E-state index contributed by atoms with van der Waals surface area (Å²) in [6.45, 7) is 3.97. The minimum absolute atomic E-state index is 0.0393. The molecule has 0 spiro atoms. The van der Waals surface area contributed by atoms with Crippen LogP contribution in [0.15, 0.2) is 60.0 Å². The summed E-state index contributed by atoms with van der Waals surface area (Å²) in [4.78, 5) is 36.7. The van der Waals surface area contributed by atoms with Gasteiger partial charge in [0.25, 0.3) is 16.8 Å². The fourth-order valence-electron chi connectivity index (χ4n) is 2.74. The molecule has 2 aromatic carbocycles. The lowest BCUT2D eigenvalue weighted by molar-refractivity contribution is -0.384. The third-order valence-electron chi connectivity index (χ3n) is 4.20. The van der Waals surface area contributed by atoms with Crippen LogP contribution in [0.2, 0.25) is 0 Å². The molecule has 2 aromatic rings. The summed E-state index contributed by atoms with van der Waals surface area (Å²) in [6, 6.07) is 10.9. The van der Waals surface area contributed by atoms with Crippen molar-refractivity contribution in [3.63, 3.8) is 0 Å². The molecule has 3 rings (SSSR count). The topological polar surface area (TPSA) is 99.0 Å². The summed E-state index contributed by atoms with van der Waals surface area (Å²) >= 11 is 0.840. The van der Waals surface area contributed by atoms with Crippen molar-refractivity contribution >= 4 is 34.7 Å². The maximum absolute atomic E-state index is 12.7. The number of hydrogen-bond acceptors (Lipinski definition) is 7. The van der Waals surface area contributed by atoms with Crippen molar-refractivity contribution in [3.8, 4) is 11.5 Å². The van der Waals surface area contributed by atoms with E-state index in [1.54, 1.807) is 30.4 Å². The SMILES string of the molecule is C=CCOc1ccc(/C=C2/SC(=O)N(Cc3ccc([N+](=O)[O-])cc3)C2=O)cc1OC. The smallest absolute Gasteiger partial charge is 0.293 e. The fraction of sp³-hybridized carbons (Fsp3) is 0.143. The van der Waals surface area contributed by atoms with E-state index in [4.69, 9.17) is 9.47 Å². The highest BCUT2D eigenvalue weighted by Gasteiger charge is 2.35. The van der Waals surface area contributed by atoms with Crippen molar-refractivity contribution in [2.45, 2.75) is 6.54 Å². The van der Waals surface area contributed by atoms with E-state index in [2.05, 4.69) is 6.58 Å². The molecule has 1 fully saturated rings. The second-order valence-corrected chi connectivity index (χ2v) is 7.19. The number of non-ortho nitro benzene ring substituents is 1. The lowest BCUT2D eigenvalue weighted by Gasteiger charge is -2.12. The normalized spacial score (nSPS) is 14.8. The number of ether oxygens (including phenoxy) is 2. The average molecular weight is 426 g/mol. The van der Waals surface area contributed by atoms with Crippen molar-refractivity contribution < 1.29 is 24.0 Å².